The van der Waals surface area contributed by atoms with Crippen LogP contribution in [0.1, 0.15) is 22.3 Å². The SMILES string of the molecule is Cc1cc(C)c(NC(=O)C(=O)NCCc2ccccc2Cl)c(C)c1. The molecule has 5 heteroatoms. The summed E-state index contributed by atoms with van der Waals surface area (Å²) >= 11 is 6.07. The molecule has 0 atom stereocenters. The van der Waals surface area contributed by atoms with Gasteiger partial charge in [0.25, 0.3) is 0 Å². The number of hydrogen-bond donors (Lipinski definition) is 2. The van der Waals surface area contributed by atoms with Gasteiger partial charge >= 0.3 is 11.8 Å². The predicted octanol–water partition coefficient (Wildman–Crippen LogP) is 3.56. The number of nitrogens with one attached hydrogen (secondary N) is 2. The molecule has 0 spiro atoms. The molecule has 4 nitrogen and oxygen atoms in total. The average Bonchev–Trinajstić information content (AvgIpc) is 2.52. The van der Waals surface area contributed by atoms with Gasteiger partial charge in [-0.05, 0) is 49.9 Å². The number of amides is 2. The first-order valence-electron chi connectivity index (χ1n) is 7.79. The molecule has 0 aliphatic carbocycles. The van der Waals surface area contributed by atoms with E-state index in [4.69, 9.17) is 11.6 Å². The van der Waals surface area contributed by atoms with Gasteiger partial charge in [0.05, 0.1) is 0 Å². The topological polar surface area (TPSA) is 58.2 Å². The number of anilines is 1. The van der Waals surface area contributed by atoms with Crippen LogP contribution in [-0.4, -0.2) is 18.4 Å². The van der Waals surface area contributed by atoms with E-state index in [2.05, 4.69) is 10.6 Å². The van der Waals surface area contributed by atoms with Crippen molar-refractivity contribution in [2.24, 2.45) is 0 Å². The molecule has 0 saturated heterocycles. The number of hydrogen-bond acceptors (Lipinski definition) is 2. The van der Waals surface area contributed by atoms with Gasteiger partial charge in [0.2, 0.25) is 0 Å². The molecular formula is C19H21ClN2O2. The summed E-state index contributed by atoms with van der Waals surface area (Å²) in [5.41, 5.74) is 4.61. The number of carbonyl (C=O) groups is 2. The van der Waals surface area contributed by atoms with Gasteiger partial charge in [-0.1, -0.05) is 47.5 Å². The van der Waals surface area contributed by atoms with E-state index in [1.165, 1.54) is 0 Å². The summed E-state index contributed by atoms with van der Waals surface area (Å²) in [4.78, 5) is 24.0. The van der Waals surface area contributed by atoms with Gasteiger partial charge in [-0.25, -0.2) is 0 Å². The highest BCUT2D eigenvalue weighted by Crippen LogP contribution is 2.21. The predicted molar refractivity (Wildman–Crippen MR) is 97.4 cm³/mol. The Bertz CT molecular complexity index is 749. The summed E-state index contributed by atoms with van der Waals surface area (Å²) in [6.45, 7) is 6.16. The van der Waals surface area contributed by atoms with Crippen LogP contribution in [0.3, 0.4) is 0 Å². The Hall–Kier alpha value is -2.33. The van der Waals surface area contributed by atoms with Crippen LogP contribution in [0.15, 0.2) is 36.4 Å². The van der Waals surface area contributed by atoms with Crippen molar-refractivity contribution >= 4 is 29.1 Å². The van der Waals surface area contributed by atoms with Crippen LogP contribution < -0.4 is 10.6 Å². The highest BCUT2D eigenvalue weighted by atomic mass is 35.5. The summed E-state index contributed by atoms with van der Waals surface area (Å²) in [5.74, 6) is -1.31. The van der Waals surface area contributed by atoms with Crippen LogP contribution in [0.5, 0.6) is 0 Å². The highest BCUT2D eigenvalue weighted by molar-refractivity contribution is 6.39. The fourth-order valence-electron chi connectivity index (χ4n) is 2.64. The first kappa shape index (κ1) is 18.0. The first-order chi connectivity index (χ1) is 11.4. The third kappa shape index (κ3) is 4.59. The lowest BCUT2D eigenvalue weighted by molar-refractivity contribution is -0.136. The summed E-state index contributed by atoms with van der Waals surface area (Å²) in [7, 11) is 0. The molecule has 2 rings (SSSR count). The van der Waals surface area contributed by atoms with Crippen LogP contribution >= 0.6 is 11.6 Å². The second kappa shape index (κ2) is 7.97. The van der Waals surface area contributed by atoms with E-state index in [-0.39, 0.29) is 0 Å². The first-order valence-corrected chi connectivity index (χ1v) is 8.16. The summed E-state index contributed by atoms with van der Waals surface area (Å²) in [5, 5.41) is 5.96. The molecule has 24 heavy (non-hydrogen) atoms. The van der Waals surface area contributed by atoms with Gasteiger partial charge < -0.3 is 10.6 Å². The molecule has 0 fully saturated rings. The quantitative estimate of drug-likeness (QED) is 0.833. The fourth-order valence-corrected chi connectivity index (χ4v) is 2.87. The van der Waals surface area contributed by atoms with E-state index < -0.39 is 11.8 Å². The zero-order valence-electron chi connectivity index (χ0n) is 14.1. The summed E-state index contributed by atoms with van der Waals surface area (Å²) in [6, 6.07) is 11.4. The zero-order valence-corrected chi connectivity index (χ0v) is 14.8. The molecule has 126 valence electrons. The van der Waals surface area contributed by atoms with Crippen LogP contribution in [0.2, 0.25) is 5.02 Å². The number of halogens is 1. The minimum atomic E-state index is -0.663. The van der Waals surface area contributed by atoms with Gasteiger partial charge in [0.15, 0.2) is 0 Å². The Labute approximate surface area is 147 Å². The molecule has 0 aromatic heterocycles. The second-order valence-corrected chi connectivity index (χ2v) is 6.23. The molecular weight excluding hydrogens is 324 g/mol. The molecule has 2 aromatic carbocycles. The van der Waals surface area contributed by atoms with Crippen LogP contribution in [0.25, 0.3) is 0 Å². The van der Waals surface area contributed by atoms with Crippen molar-refractivity contribution in [2.45, 2.75) is 27.2 Å². The largest absolute Gasteiger partial charge is 0.347 e. The minimum Gasteiger partial charge on any atom is -0.347 e. The Morgan fingerprint density at radius 1 is 1.00 bits per heavy atom. The van der Waals surface area contributed by atoms with E-state index in [0.717, 1.165) is 22.3 Å². The molecule has 0 unspecified atom stereocenters. The molecule has 2 aromatic rings. The fraction of sp³-hybridized carbons (Fsp3) is 0.263. The third-order valence-electron chi connectivity index (χ3n) is 3.76. The number of rotatable bonds is 4. The van der Waals surface area contributed by atoms with Crippen LogP contribution in [-0.2, 0) is 16.0 Å². The van der Waals surface area contributed by atoms with Crippen molar-refractivity contribution in [3.63, 3.8) is 0 Å². The molecule has 0 saturated carbocycles. The average molecular weight is 345 g/mol. The Balaban J connectivity index is 1.91. The third-order valence-corrected chi connectivity index (χ3v) is 4.13. The molecule has 0 aliphatic heterocycles. The van der Waals surface area contributed by atoms with Crippen molar-refractivity contribution in [1.82, 2.24) is 5.32 Å². The van der Waals surface area contributed by atoms with Crippen molar-refractivity contribution in [1.29, 1.82) is 0 Å². The number of aryl methyl sites for hydroxylation is 3. The standard InChI is InChI=1S/C19H21ClN2O2/c1-12-10-13(2)17(14(3)11-12)22-19(24)18(23)21-9-8-15-6-4-5-7-16(15)20/h4-7,10-11H,8-9H2,1-3H3,(H,21,23)(H,22,24). The molecule has 0 radical (unpaired) electrons. The van der Waals surface area contributed by atoms with Gasteiger partial charge in [-0.2, -0.15) is 0 Å². The number of benzene rings is 2. The van der Waals surface area contributed by atoms with Crippen molar-refractivity contribution < 1.29 is 9.59 Å². The van der Waals surface area contributed by atoms with Crippen molar-refractivity contribution in [3.8, 4) is 0 Å². The second-order valence-electron chi connectivity index (χ2n) is 5.83. The van der Waals surface area contributed by atoms with Crippen LogP contribution in [0.4, 0.5) is 5.69 Å². The molecule has 2 amide bonds. The molecule has 0 bridgehead atoms. The lowest BCUT2D eigenvalue weighted by Gasteiger charge is -2.13. The molecule has 0 heterocycles. The smallest absolute Gasteiger partial charge is 0.313 e. The maximum Gasteiger partial charge on any atom is 0.313 e. The lowest BCUT2D eigenvalue weighted by Crippen LogP contribution is -2.36. The van der Waals surface area contributed by atoms with Gasteiger partial charge in [-0.15, -0.1) is 0 Å². The molecule has 2 N–H and O–H groups in total. The minimum absolute atomic E-state index is 0.349. The van der Waals surface area contributed by atoms with Crippen molar-refractivity contribution in [2.75, 3.05) is 11.9 Å². The normalized spacial score (nSPS) is 10.3. The monoisotopic (exact) mass is 344 g/mol. The lowest BCUT2D eigenvalue weighted by atomic mass is 10.1. The van der Waals surface area contributed by atoms with Gasteiger partial charge in [-0.3, -0.25) is 9.59 Å². The maximum atomic E-state index is 12.1. The van der Waals surface area contributed by atoms with E-state index in [9.17, 15) is 9.59 Å². The van der Waals surface area contributed by atoms with Crippen molar-refractivity contribution in [3.05, 3.63) is 63.7 Å². The summed E-state index contributed by atoms with van der Waals surface area (Å²) in [6.07, 6.45) is 0.571. The van der Waals surface area contributed by atoms with Gasteiger partial charge in [0, 0.05) is 17.3 Å². The van der Waals surface area contributed by atoms with E-state index in [0.29, 0.717) is 23.7 Å². The van der Waals surface area contributed by atoms with E-state index in [1.54, 1.807) is 6.07 Å². The zero-order chi connectivity index (χ0) is 17.7. The van der Waals surface area contributed by atoms with E-state index in [1.807, 2.05) is 51.1 Å². The number of carbonyl (C=O) groups excluding carboxylic acids is 2. The molecule has 0 aliphatic rings. The highest BCUT2D eigenvalue weighted by Gasteiger charge is 2.15. The Kier molecular flexibility index (Phi) is 5.99. The van der Waals surface area contributed by atoms with Gasteiger partial charge in [0.1, 0.15) is 0 Å². The Morgan fingerprint density at radius 2 is 1.62 bits per heavy atom. The van der Waals surface area contributed by atoms with Crippen LogP contribution in [0, 0.1) is 20.8 Å². The summed E-state index contributed by atoms with van der Waals surface area (Å²) < 4.78 is 0. The Morgan fingerprint density at radius 3 is 2.25 bits per heavy atom. The van der Waals surface area contributed by atoms with E-state index >= 15 is 0 Å². The maximum absolute atomic E-state index is 12.1.